The molecule has 0 aliphatic rings. The molecule has 3 N–H and O–H groups in total. The van der Waals surface area contributed by atoms with E-state index in [9.17, 15) is 18.0 Å². The van der Waals surface area contributed by atoms with Crippen LogP contribution >= 0.6 is 0 Å². The third-order valence-corrected chi connectivity index (χ3v) is 2.69. The van der Waals surface area contributed by atoms with Gasteiger partial charge in [-0.2, -0.15) is 8.42 Å². The van der Waals surface area contributed by atoms with Crippen molar-refractivity contribution in [1.82, 2.24) is 0 Å². The Balaban J connectivity index is 0.00000137. The van der Waals surface area contributed by atoms with Crippen LogP contribution in [0.2, 0.25) is 4.17 Å². The molecule has 0 aromatic heterocycles. The van der Waals surface area contributed by atoms with Gasteiger partial charge in [0.1, 0.15) is 4.90 Å². The molecule has 0 amide bonds. The maximum atomic E-state index is 10.9. The van der Waals surface area contributed by atoms with Gasteiger partial charge in [-0.25, -0.2) is 9.59 Å². The third-order valence-electron chi connectivity index (χ3n) is 1.73. The van der Waals surface area contributed by atoms with Crippen LogP contribution in [0.15, 0.2) is 23.1 Å². The van der Waals surface area contributed by atoms with Crippen LogP contribution in [0.3, 0.4) is 0 Å². The molecule has 0 fully saturated rings. The first-order chi connectivity index (χ1) is 8.25. The number of hydrogen-bond acceptors (Lipinski definition) is 4. The van der Waals surface area contributed by atoms with E-state index in [0.29, 0.717) is 0 Å². The molecule has 0 heterocycles. The summed E-state index contributed by atoms with van der Waals surface area (Å²) in [6.07, 6.45) is 0. The molecule has 1 aromatic rings. The first kappa shape index (κ1) is 17.1. The molecule has 0 aliphatic heterocycles. The Labute approximate surface area is 121 Å². The summed E-state index contributed by atoms with van der Waals surface area (Å²) < 4.78 is 32.8. The third kappa shape index (κ3) is 4.07. The molecule has 0 bridgehead atoms. The number of aromatic carboxylic acids is 2. The Morgan fingerprint density at radius 1 is 1.06 bits per heavy atom. The molecular formula is C9H9NaO7S. The molecule has 0 atom stereocenters. The van der Waals surface area contributed by atoms with Crippen LogP contribution in [0.1, 0.15) is 20.7 Å². The zero-order valence-corrected chi connectivity index (χ0v) is 12.4. The fraction of sp³-hybridized carbons (Fsp3) is 0.111. The van der Waals surface area contributed by atoms with Crippen molar-refractivity contribution in [3.05, 3.63) is 29.3 Å². The normalized spacial score (nSPS) is 10.2. The van der Waals surface area contributed by atoms with Crippen LogP contribution in [0.25, 0.3) is 0 Å². The van der Waals surface area contributed by atoms with Gasteiger partial charge in [-0.05, 0) is 12.1 Å². The van der Waals surface area contributed by atoms with Gasteiger partial charge in [-0.3, -0.25) is 4.55 Å². The molecule has 7 nitrogen and oxygen atoms in total. The predicted molar refractivity (Wildman–Crippen MR) is 61.8 cm³/mol. The number of hydrogen-bond donors (Lipinski definition) is 3. The Bertz CT molecular complexity index is 532. The Morgan fingerprint density at radius 3 is 1.61 bits per heavy atom. The van der Waals surface area contributed by atoms with Gasteiger partial charge in [-0.15, -0.1) is 0 Å². The van der Waals surface area contributed by atoms with E-state index >= 15 is 0 Å². The average Bonchev–Trinajstić information content (AvgIpc) is 2.29. The van der Waals surface area contributed by atoms with E-state index in [1.165, 1.54) is 27.9 Å². The summed E-state index contributed by atoms with van der Waals surface area (Å²) >= 11 is 1.31. The van der Waals surface area contributed by atoms with Crippen LogP contribution in [0.5, 0.6) is 0 Å². The summed E-state index contributed by atoms with van der Waals surface area (Å²) in [5.41, 5.74) is -1.58. The van der Waals surface area contributed by atoms with Crippen LogP contribution in [-0.4, -0.2) is 63.1 Å². The van der Waals surface area contributed by atoms with Gasteiger partial charge < -0.3 is 10.2 Å². The van der Waals surface area contributed by atoms with Crippen molar-refractivity contribution in [3.63, 3.8) is 0 Å². The van der Waals surface area contributed by atoms with Crippen molar-refractivity contribution in [2.24, 2.45) is 0 Å². The Morgan fingerprint density at radius 2 is 1.39 bits per heavy atom. The molecule has 18 heavy (non-hydrogen) atoms. The van der Waals surface area contributed by atoms with Crippen LogP contribution in [0.4, 0.5) is 0 Å². The maximum absolute atomic E-state index is 10.9. The summed E-state index contributed by atoms with van der Waals surface area (Å²) in [6, 6.07) is 2.84. The molecule has 0 aliphatic carbocycles. The van der Waals surface area contributed by atoms with Crippen molar-refractivity contribution in [2.75, 3.05) is 0 Å². The number of carboxylic acids is 2. The van der Waals surface area contributed by atoms with E-state index in [1.54, 1.807) is 0 Å². The topological polar surface area (TPSA) is 129 Å². The standard InChI is InChI=1S/C8H6O7S.CH3.Na/c9-7(10)4-2-1-3-5(8(11)12)6(4)16(13,14)15;;/h1-3H,(H,9,10)(H,11,12)(H,13,14,15);1H3;. The van der Waals surface area contributed by atoms with Gasteiger partial charge >= 0.3 is 44.0 Å². The van der Waals surface area contributed by atoms with Gasteiger partial charge in [0.25, 0.3) is 10.1 Å². The molecule has 0 spiro atoms. The van der Waals surface area contributed by atoms with Crippen molar-refractivity contribution < 1.29 is 32.8 Å². The van der Waals surface area contributed by atoms with E-state index in [-0.39, 0.29) is 0 Å². The first-order valence-corrected chi connectivity index (χ1v) is 8.26. The minimum atomic E-state index is -4.92. The fourth-order valence-electron chi connectivity index (χ4n) is 1.15. The summed E-state index contributed by atoms with van der Waals surface area (Å²) in [4.78, 5) is 20.2. The second-order valence-corrected chi connectivity index (χ2v) is 4.13. The summed E-state index contributed by atoms with van der Waals surface area (Å²) in [5, 5.41) is 17.3. The van der Waals surface area contributed by atoms with Gasteiger partial charge in [0, 0.05) is 0 Å². The summed E-state index contributed by atoms with van der Waals surface area (Å²) in [7, 11) is -4.92. The SMILES string of the molecule is O=C(O)c1cccc(C(=O)O)c1S(=O)(=O)O.[CH3][Na]. The zero-order valence-electron chi connectivity index (χ0n) is 9.61. The average molecular weight is 284 g/mol. The van der Waals surface area contributed by atoms with Crippen molar-refractivity contribution in [1.29, 1.82) is 0 Å². The quantitative estimate of drug-likeness (QED) is 0.545. The monoisotopic (exact) mass is 284 g/mol. The molecule has 1 rings (SSSR count). The molecule has 0 saturated carbocycles. The van der Waals surface area contributed by atoms with Crippen molar-refractivity contribution >= 4 is 50.0 Å². The van der Waals surface area contributed by atoms with Crippen LogP contribution in [-0.2, 0) is 10.1 Å². The summed E-state index contributed by atoms with van der Waals surface area (Å²) in [5.74, 6) is -3.29. The molecule has 1 aromatic carbocycles. The molecular weight excluding hydrogens is 275 g/mol. The molecule has 94 valence electrons. The van der Waals surface area contributed by atoms with E-state index in [2.05, 4.69) is 4.17 Å². The van der Waals surface area contributed by atoms with E-state index in [4.69, 9.17) is 14.8 Å². The minimum absolute atomic E-state index is 0.789. The number of benzene rings is 1. The van der Waals surface area contributed by atoms with E-state index in [0.717, 1.165) is 18.2 Å². The number of carbonyl (C=O) groups is 2. The van der Waals surface area contributed by atoms with Gasteiger partial charge in [0.15, 0.2) is 0 Å². The van der Waals surface area contributed by atoms with Crippen LogP contribution < -0.4 is 0 Å². The molecule has 9 heteroatoms. The van der Waals surface area contributed by atoms with E-state index < -0.39 is 38.1 Å². The predicted octanol–water partition coefficient (Wildman–Crippen LogP) is 0.533. The van der Waals surface area contributed by atoms with Crippen molar-refractivity contribution in [3.8, 4) is 0 Å². The number of carboxylic acid groups (broad SMARTS) is 2. The molecule has 0 radical (unpaired) electrons. The van der Waals surface area contributed by atoms with Crippen molar-refractivity contribution in [2.45, 2.75) is 9.07 Å². The summed E-state index contributed by atoms with van der Waals surface area (Å²) in [6.45, 7) is 0. The van der Waals surface area contributed by atoms with E-state index in [1.807, 2.05) is 0 Å². The number of rotatable bonds is 3. The van der Waals surface area contributed by atoms with Crippen LogP contribution in [0, 0.1) is 0 Å². The fourth-order valence-corrected chi connectivity index (χ4v) is 2.02. The Kier molecular flexibility index (Phi) is 6.50. The second-order valence-electron chi connectivity index (χ2n) is 2.77. The molecule has 0 saturated heterocycles. The molecule has 0 unspecified atom stereocenters. The Hall–Kier alpha value is -0.930. The van der Waals surface area contributed by atoms with Gasteiger partial charge in [0.05, 0.1) is 11.1 Å². The zero-order chi connectivity index (χ0) is 14.5. The second kappa shape index (κ2) is 6.86. The van der Waals surface area contributed by atoms with Gasteiger partial charge in [-0.1, -0.05) is 6.07 Å². The van der Waals surface area contributed by atoms with Gasteiger partial charge in [0.2, 0.25) is 0 Å². The first-order valence-electron chi connectivity index (χ1n) is 4.82.